The first kappa shape index (κ1) is 28.5. The van der Waals surface area contributed by atoms with Crippen molar-refractivity contribution in [1.82, 2.24) is 19.9 Å². The molecule has 2 heterocycles. The third-order valence-electron chi connectivity index (χ3n) is 6.35. The molecule has 1 aromatic carbocycles. The maximum atomic E-state index is 12.9. The Bertz CT molecular complexity index is 1270. The van der Waals surface area contributed by atoms with Crippen molar-refractivity contribution in [2.45, 2.75) is 50.9 Å². The summed E-state index contributed by atoms with van der Waals surface area (Å²) in [6, 6.07) is 11.9. The van der Waals surface area contributed by atoms with Crippen molar-refractivity contribution < 1.29 is 18.9 Å². The molecule has 10 heteroatoms. The molecule has 1 fully saturated rings. The van der Waals surface area contributed by atoms with Crippen LogP contribution in [0.25, 0.3) is 21.9 Å². The van der Waals surface area contributed by atoms with Crippen LogP contribution in [0, 0.1) is 0 Å². The molecule has 1 saturated carbocycles. The number of hydrogen-bond donors (Lipinski definition) is 2. The normalized spacial score (nSPS) is 14.5. The number of amides is 1. The number of ether oxygens (including phenoxy) is 1. The molecular weight excluding hydrogens is 492 g/mol. The number of hydroxylamine groups is 1. The quantitative estimate of drug-likeness (QED) is 0.290. The maximum absolute atomic E-state index is 12.9. The van der Waals surface area contributed by atoms with Crippen LogP contribution < -0.4 is 15.8 Å². The number of hydrogen-bond acceptors (Lipinski definition) is 7. The van der Waals surface area contributed by atoms with Crippen LogP contribution in [0.15, 0.2) is 53.6 Å². The zero-order chi connectivity index (χ0) is 26.9. The molecule has 2 atom stereocenters. The van der Waals surface area contributed by atoms with Gasteiger partial charge in [0.15, 0.2) is 0 Å². The molecule has 0 bridgehead atoms. The molecule has 37 heavy (non-hydrogen) atoms. The lowest BCUT2D eigenvalue weighted by atomic mass is 10.0. The Morgan fingerprint density at radius 2 is 1.97 bits per heavy atom. The molecule has 200 valence electrons. The molecule has 0 radical (unpaired) electrons. The fraction of sp³-hybridized carbons (Fsp3) is 0.444. The number of fused-ring (bicyclic) bond motifs is 1. The van der Waals surface area contributed by atoms with Crippen molar-refractivity contribution in [2.75, 3.05) is 26.5 Å². The van der Waals surface area contributed by atoms with Crippen molar-refractivity contribution in [3.05, 3.63) is 59.1 Å². The van der Waals surface area contributed by atoms with Crippen LogP contribution in [0.3, 0.4) is 0 Å². The van der Waals surface area contributed by atoms with E-state index >= 15 is 0 Å². The molecule has 4 rings (SSSR count). The fourth-order valence-corrected chi connectivity index (χ4v) is 4.84. The Hall–Kier alpha value is -3.08. The summed E-state index contributed by atoms with van der Waals surface area (Å²) >= 11 is 0. The van der Waals surface area contributed by atoms with Crippen molar-refractivity contribution in [2.24, 2.45) is 0 Å². The van der Waals surface area contributed by atoms with E-state index in [0.717, 1.165) is 23.1 Å². The lowest BCUT2D eigenvalue weighted by molar-refractivity contribution is -0.128. The van der Waals surface area contributed by atoms with Gasteiger partial charge in [-0.1, -0.05) is 19.9 Å². The average molecular weight is 529 g/mol. The topological polar surface area (TPSA) is 114 Å². The molecule has 3 aromatic rings. The number of carbonyl (C=O) groups excluding carboxylic acids is 1. The zero-order valence-corrected chi connectivity index (χ0v) is 22.7. The first-order valence-electron chi connectivity index (χ1n) is 12.6. The van der Waals surface area contributed by atoms with Gasteiger partial charge in [-0.05, 0) is 61.5 Å². The Morgan fingerprint density at radius 1 is 1.24 bits per heavy atom. The van der Waals surface area contributed by atoms with Gasteiger partial charge in [-0.3, -0.25) is 19.0 Å². The molecule has 1 aliphatic carbocycles. The van der Waals surface area contributed by atoms with Crippen LogP contribution >= 0.6 is 0 Å². The summed E-state index contributed by atoms with van der Waals surface area (Å²) in [5.41, 5.74) is 3.19. The second-order valence-electron chi connectivity index (χ2n) is 8.81. The number of nitrogens with zero attached hydrogens (tertiary/aromatic N) is 3. The Kier molecular flexibility index (Phi) is 10.4. The molecule has 2 N–H and O–H groups in total. The monoisotopic (exact) mass is 528 g/mol. The lowest BCUT2D eigenvalue weighted by Gasteiger charge is -2.15. The van der Waals surface area contributed by atoms with E-state index in [9.17, 15) is 13.8 Å². The summed E-state index contributed by atoms with van der Waals surface area (Å²) in [7, 11) is 0.642. The van der Waals surface area contributed by atoms with Crippen molar-refractivity contribution >= 4 is 27.5 Å². The number of nitrogens with one attached hydrogen (secondary N) is 1. The second kappa shape index (κ2) is 13.5. The fourth-order valence-electron chi connectivity index (χ4n) is 4.05. The molecule has 9 nitrogen and oxygen atoms in total. The van der Waals surface area contributed by atoms with Gasteiger partial charge in [0, 0.05) is 65.6 Å². The first-order valence-corrected chi connectivity index (χ1v) is 14.2. The summed E-state index contributed by atoms with van der Waals surface area (Å²) < 4.78 is 19.1. The number of aryl methyl sites for hydroxylation is 1. The van der Waals surface area contributed by atoms with E-state index in [1.54, 1.807) is 18.5 Å². The van der Waals surface area contributed by atoms with Crippen LogP contribution in [0.4, 0.5) is 0 Å². The highest BCUT2D eigenvalue weighted by atomic mass is 32.2. The molecule has 0 aliphatic heterocycles. The highest BCUT2D eigenvalue weighted by molar-refractivity contribution is 7.85. The van der Waals surface area contributed by atoms with E-state index in [1.165, 1.54) is 29.1 Å². The van der Waals surface area contributed by atoms with Crippen molar-refractivity contribution in [3.63, 3.8) is 0 Å². The number of benzene rings is 1. The highest BCUT2D eigenvalue weighted by Gasteiger charge is 2.25. The molecular formula is C27H36N4O5S. The van der Waals surface area contributed by atoms with Crippen LogP contribution in [-0.2, 0) is 22.1 Å². The zero-order valence-electron chi connectivity index (χ0n) is 21.8. The number of aromatic nitrogens is 2. The Balaban J connectivity index is 0.00000186. The number of likely N-dealkylation sites (N-methyl/N-ethyl adjacent to an activating group) is 1. The minimum Gasteiger partial charge on any atom is -0.476 e. The van der Waals surface area contributed by atoms with Gasteiger partial charge in [-0.25, -0.2) is 10.5 Å². The second-order valence-corrected chi connectivity index (χ2v) is 10.4. The third-order valence-corrected chi connectivity index (χ3v) is 7.60. The van der Waals surface area contributed by atoms with E-state index in [0.29, 0.717) is 23.9 Å². The van der Waals surface area contributed by atoms with Gasteiger partial charge in [0.05, 0.1) is 0 Å². The molecule has 2 aromatic heterocycles. The van der Waals surface area contributed by atoms with Gasteiger partial charge in [0.25, 0.3) is 11.5 Å². The molecule has 0 saturated heterocycles. The smallest absolute Gasteiger partial charge is 0.259 e. The van der Waals surface area contributed by atoms with Crippen LogP contribution in [-0.4, -0.2) is 67.5 Å². The minimum atomic E-state index is -1.48. The Morgan fingerprint density at radius 3 is 2.59 bits per heavy atom. The number of rotatable bonds is 11. The van der Waals surface area contributed by atoms with E-state index in [4.69, 9.17) is 9.94 Å². The molecule has 2 unspecified atom stereocenters. The van der Waals surface area contributed by atoms with Crippen molar-refractivity contribution in [3.8, 4) is 17.0 Å². The van der Waals surface area contributed by atoms with E-state index < -0.39 is 22.0 Å². The predicted octanol–water partition coefficient (Wildman–Crippen LogP) is 3.21. The first-order chi connectivity index (χ1) is 17.9. The molecule has 1 aliphatic rings. The average Bonchev–Trinajstić information content (AvgIpc) is 3.77. The SMILES string of the molecule is CC.CN(CCOc1ccc(-c2ccc3c(=O)n(CCC(C(=O)NO)S(C)=O)ccc3c2)cn1)C1CC1. The van der Waals surface area contributed by atoms with Gasteiger partial charge in [0.1, 0.15) is 11.9 Å². The van der Waals surface area contributed by atoms with Crippen LogP contribution in [0.2, 0.25) is 0 Å². The van der Waals surface area contributed by atoms with Crippen molar-refractivity contribution in [1.29, 1.82) is 0 Å². The molecule has 0 spiro atoms. The summed E-state index contributed by atoms with van der Waals surface area (Å²) in [4.78, 5) is 31.4. The third kappa shape index (κ3) is 7.47. The standard InChI is InChI=1S/C25H30N4O5S.C2H6/c1-28(20-5-6-20)13-14-34-23-8-4-19(16-26-23)17-3-7-21-18(15-17)9-11-29(25(21)31)12-10-22(35(2)33)24(30)27-32;1-2/h3-4,7-9,11,15-16,20,22,32H,5-6,10,12-14H2,1-2H3,(H,27,30);1-2H3. The maximum Gasteiger partial charge on any atom is 0.259 e. The van der Waals surface area contributed by atoms with Gasteiger partial charge in [0.2, 0.25) is 5.88 Å². The van der Waals surface area contributed by atoms with E-state index in [-0.39, 0.29) is 18.5 Å². The van der Waals surface area contributed by atoms with Gasteiger partial charge >= 0.3 is 0 Å². The number of pyridine rings is 2. The van der Waals surface area contributed by atoms with Crippen LogP contribution in [0.5, 0.6) is 5.88 Å². The van der Waals surface area contributed by atoms with E-state index in [1.807, 2.05) is 44.2 Å². The summed E-state index contributed by atoms with van der Waals surface area (Å²) in [5.74, 6) is -0.136. The largest absolute Gasteiger partial charge is 0.476 e. The molecule has 1 amide bonds. The predicted molar refractivity (Wildman–Crippen MR) is 146 cm³/mol. The van der Waals surface area contributed by atoms with Gasteiger partial charge in [-0.2, -0.15) is 0 Å². The minimum absolute atomic E-state index is 0.163. The lowest BCUT2D eigenvalue weighted by Crippen LogP contribution is -2.36. The van der Waals surface area contributed by atoms with Crippen LogP contribution in [0.1, 0.15) is 33.1 Å². The summed E-state index contributed by atoms with van der Waals surface area (Å²) in [5, 5.41) is 9.28. The Labute approximate surface area is 219 Å². The van der Waals surface area contributed by atoms with Gasteiger partial charge < -0.3 is 14.2 Å². The van der Waals surface area contributed by atoms with Gasteiger partial charge in [-0.15, -0.1) is 0 Å². The highest BCUT2D eigenvalue weighted by Crippen LogP contribution is 2.26. The summed E-state index contributed by atoms with van der Waals surface area (Å²) in [6.07, 6.45) is 7.53. The summed E-state index contributed by atoms with van der Waals surface area (Å²) in [6.45, 7) is 5.68. The van der Waals surface area contributed by atoms with E-state index in [2.05, 4.69) is 16.9 Å². The number of carbonyl (C=O) groups is 1.